The maximum atomic E-state index is 12.4. The van der Waals surface area contributed by atoms with Crippen molar-refractivity contribution in [3.63, 3.8) is 0 Å². The molecule has 3 rings (SSSR count). The van der Waals surface area contributed by atoms with Crippen LogP contribution in [0.4, 0.5) is 0 Å². The minimum atomic E-state index is -0.268. The van der Waals surface area contributed by atoms with E-state index in [-0.39, 0.29) is 12.0 Å². The summed E-state index contributed by atoms with van der Waals surface area (Å²) in [5.41, 5.74) is 1.68. The lowest BCUT2D eigenvalue weighted by Gasteiger charge is -2.35. The van der Waals surface area contributed by atoms with Crippen LogP contribution in [0.3, 0.4) is 0 Å². The highest BCUT2D eigenvalue weighted by atomic mass is 16.3. The minimum absolute atomic E-state index is 0.129. The molecule has 1 amide bonds. The Morgan fingerprint density at radius 2 is 2.09 bits per heavy atom. The summed E-state index contributed by atoms with van der Waals surface area (Å²) in [6.45, 7) is 5.79. The summed E-state index contributed by atoms with van der Waals surface area (Å²) in [5, 5.41) is 9.72. The fourth-order valence-electron chi connectivity index (χ4n) is 2.95. The number of nitrogens with zero attached hydrogens (tertiary/aromatic N) is 4. The van der Waals surface area contributed by atoms with Crippen molar-refractivity contribution in [2.45, 2.75) is 25.9 Å². The average molecular weight is 316 g/mol. The summed E-state index contributed by atoms with van der Waals surface area (Å²) >= 11 is 0. The normalized spacial score (nSPS) is 17.6. The molecule has 23 heavy (non-hydrogen) atoms. The van der Waals surface area contributed by atoms with Crippen LogP contribution < -0.4 is 0 Å². The number of rotatable bonds is 5. The van der Waals surface area contributed by atoms with Crippen molar-refractivity contribution in [1.29, 1.82) is 0 Å². The van der Waals surface area contributed by atoms with Gasteiger partial charge in [0.2, 0.25) is 5.91 Å². The van der Waals surface area contributed by atoms with E-state index in [1.165, 1.54) is 0 Å². The second-order valence-electron chi connectivity index (χ2n) is 6.12. The first-order valence-corrected chi connectivity index (χ1v) is 8.26. The molecule has 0 aromatic carbocycles. The van der Waals surface area contributed by atoms with Crippen molar-refractivity contribution in [3.8, 4) is 0 Å². The molecule has 1 fully saturated rings. The average Bonchev–Trinajstić information content (AvgIpc) is 2.97. The van der Waals surface area contributed by atoms with Crippen LogP contribution in [0.15, 0.2) is 30.6 Å². The first-order chi connectivity index (χ1) is 11.2. The van der Waals surface area contributed by atoms with E-state index in [0.717, 1.165) is 43.9 Å². The lowest BCUT2D eigenvalue weighted by molar-refractivity contribution is -0.132. The molecule has 6 nitrogen and oxygen atoms in total. The van der Waals surface area contributed by atoms with E-state index in [1.807, 2.05) is 46.8 Å². The summed E-state index contributed by atoms with van der Waals surface area (Å²) in [4.78, 5) is 21.0. The Morgan fingerprint density at radius 1 is 1.30 bits per heavy atom. The number of aromatic nitrogens is 2. The van der Waals surface area contributed by atoms with Gasteiger partial charge in [-0.3, -0.25) is 9.69 Å². The SMILES string of the molecule is CCC(O)CN1CCN(C(=O)Cc2cn3ccccc3n2)CC1. The number of fused-ring (bicyclic) bond motifs is 1. The van der Waals surface area contributed by atoms with Gasteiger partial charge < -0.3 is 14.4 Å². The number of hydrogen-bond donors (Lipinski definition) is 1. The van der Waals surface area contributed by atoms with Crippen LogP contribution in [-0.4, -0.2) is 69.0 Å². The standard InChI is InChI=1S/C17H24N4O2/c1-2-15(22)13-19-7-9-20(10-8-19)17(23)11-14-12-21-6-4-3-5-16(21)18-14/h3-6,12,15,22H,2,7-11,13H2,1H3. The third-order valence-electron chi connectivity index (χ3n) is 4.41. The third-order valence-corrected chi connectivity index (χ3v) is 4.41. The van der Waals surface area contributed by atoms with Crippen molar-refractivity contribution in [1.82, 2.24) is 19.2 Å². The Morgan fingerprint density at radius 3 is 2.78 bits per heavy atom. The first-order valence-electron chi connectivity index (χ1n) is 8.26. The van der Waals surface area contributed by atoms with Crippen LogP contribution in [0.5, 0.6) is 0 Å². The third kappa shape index (κ3) is 3.89. The molecule has 2 aromatic rings. The van der Waals surface area contributed by atoms with Crippen molar-refractivity contribution >= 4 is 11.6 Å². The molecule has 124 valence electrons. The lowest BCUT2D eigenvalue weighted by Crippen LogP contribution is -2.50. The zero-order valence-corrected chi connectivity index (χ0v) is 13.6. The number of aliphatic hydroxyl groups is 1. The predicted octanol–water partition coefficient (Wildman–Crippen LogP) is 0.792. The summed E-state index contributed by atoms with van der Waals surface area (Å²) < 4.78 is 1.94. The Hall–Kier alpha value is -1.92. The molecule has 1 unspecified atom stereocenters. The van der Waals surface area contributed by atoms with E-state index in [4.69, 9.17) is 0 Å². The van der Waals surface area contributed by atoms with Gasteiger partial charge in [0.1, 0.15) is 5.65 Å². The number of imidazole rings is 1. The van der Waals surface area contributed by atoms with Gasteiger partial charge in [-0.25, -0.2) is 4.98 Å². The van der Waals surface area contributed by atoms with E-state index in [9.17, 15) is 9.90 Å². The molecule has 1 N–H and O–H groups in total. The number of hydrogen-bond acceptors (Lipinski definition) is 4. The van der Waals surface area contributed by atoms with Crippen molar-refractivity contribution in [3.05, 3.63) is 36.3 Å². The number of carbonyl (C=O) groups is 1. The Balaban J connectivity index is 1.53. The number of amides is 1. The summed E-state index contributed by atoms with van der Waals surface area (Å²) in [5.74, 6) is 0.129. The van der Waals surface area contributed by atoms with Gasteiger partial charge in [-0.15, -0.1) is 0 Å². The smallest absolute Gasteiger partial charge is 0.228 e. The molecular weight excluding hydrogens is 292 g/mol. The van der Waals surface area contributed by atoms with Gasteiger partial charge in [0, 0.05) is 45.1 Å². The van der Waals surface area contributed by atoms with Crippen molar-refractivity contribution in [2.75, 3.05) is 32.7 Å². The summed E-state index contributed by atoms with van der Waals surface area (Å²) in [6, 6.07) is 5.83. The molecule has 0 saturated carbocycles. The maximum Gasteiger partial charge on any atom is 0.228 e. The van der Waals surface area contributed by atoms with Gasteiger partial charge in [-0.05, 0) is 18.6 Å². The van der Waals surface area contributed by atoms with Gasteiger partial charge >= 0.3 is 0 Å². The highest BCUT2D eigenvalue weighted by Crippen LogP contribution is 2.09. The highest BCUT2D eigenvalue weighted by Gasteiger charge is 2.22. The van der Waals surface area contributed by atoms with Crippen molar-refractivity contribution < 1.29 is 9.90 Å². The Labute approximate surface area is 136 Å². The Kier molecular flexibility index (Phi) is 4.93. The van der Waals surface area contributed by atoms with Gasteiger partial charge in [0.05, 0.1) is 18.2 Å². The van der Waals surface area contributed by atoms with Crippen LogP contribution in [0, 0.1) is 0 Å². The van der Waals surface area contributed by atoms with E-state index >= 15 is 0 Å². The quantitative estimate of drug-likeness (QED) is 0.886. The van der Waals surface area contributed by atoms with Gasteiger partial charge in [-0.1, -0.05) is 13.0 Å². The van der Waals surface area contributed by atoms with Crippen LogP contribution in [0.25, 0.3) is 5.65 Å². The second-order valence-corrected chi connectivity index (χ2v) is 6.12. The number of pyridine rings is 1. The minimum Gasteiger partial charge on any atom is -0.392 e. The van der Waals surface area contributed by atoms with E-state index in [2.05, 4.69) is 9.88 Å². The number of aliphatic hydroxyl groups excluding tert-OH is 1. The first kappa shape index (κ1) is 16.0. The van der Waals surface area contributed by atoms with E-state index in [0.29, 0.717) is 13.0 Å². The van der Waals surface area contributed by atoms with E-state index in [1.54, 1.807) is 0 Å². The predicted molar refractivity (Wildman–Crippen MR) is 88.2 cm³/mol. The van der Waals surface area contributed by atoms with Crippen LogP contribution in [-0.2, 0) is 11.2 Å². The molecule has 0 aliphatic carbocycles. The summed E-state index contributed by atoms with van der Waals surface area (Å²) in [7, 11) is 0. The maximum absolute atomic E-state index is 12.4. The zero-order chi connectivity index (χ0) is 16.2. The molecule has 1 aliphatic heterocycles. The van der Waals surface area contributed by atoms with Crippen LogP contribution in [0.1, 0.15) is 19.0 Å². The van der Waals surface area contributed by atoms with Gasteiger partial charge in [0.15, 0.2) is 0 Å². The van der Waals surface area contributed by atoms with Crippen LogP contribution >= 0.6 is 0 Å². The topological polar surface area (TPSA) is 61.1 Å². The molecule has 1 saturated heterocycles. The molecule has 0 spiro atoms. The van der Waals surface area contributed by atoms with Gasteiger partial charge in [-0.2, -0.15) is 0 Å². The molecule has 6 heteroatoms. The monoisotopic (exact) mass is 316 g/mol. The highest BCUT2D eigenvalue weighted by molar-refractivity contribution is 5.78. The number of carbonyl (C=O) groups excluding carboxylic acids is 1. The molecule has 1 atom stereocenters. The fraction of sp³-hybridized carbons (Fsp3) is 0.529. The van der Waals surface area contributed by atoms with Crippen molar-refractivity contribution in [2.24, 2.45) is 0 Å². The number of β-amino-alcohol motifs (C(OH)–C–C–N with tert-alkyl or cyclic N) is 1. The lowest BCUT2D eigenvalue weighted by atomic mass is 10.2. The second kappa shape index (κ2) is 7.10. The van der Waals surface area contributed by atoms with E-state index < -0.39 is 0 Å². The van der Waals surface area contributed by atoms with Gasteiger partial charge in [0.25, 0.3) is 0 Å². The molecule has 0 bridgehead atoms. The molecule has 1 aliphatic rings. The number of piperazine rings is 1. The zero-order valence-electron chi connectivity index (χ0n) is 13.6. The molecule has 2 aromatic heterocycles. The largest absolute Gasteiger partial charge is 0.392 e. The summed E-state index contributed by atoms with van der Waals surface area (Å²) in [6.07, 6.45) is 4.71. The molecular formula is C17H24N4O2. The molecule has 0 radical (unpaired) electrons. The molecule has 3 heterocycles. The Bertz CT molecular complexity index is 628. The fourth-order valence-corrected chi connectivity index (χ4v) is 2.95. The van der Waals surface area contributed by atoms with Crippen LogP contribution in [0.2, 0.25) is 0 Å².